The first kappa shape index (κ1) is 10.0. The van der Waals surface area contributed by atoms with E-state index in [0.29, 0.717) is 0 Å². The zero-order valence-electron chi connectivity index (χ0n) is 7.54. The largest absolute Gasteiger partial charge is 0.125 e. The smallest absolute Gasteiger partial charge is 0.0208 e. The van der Waals surface area contributed by atoms with Gasteiger partial charge in [-0.05, 0) is 23.6 Å². The van der Waals surface area contributed by atoms with Gasteiger partial charge in [-0.25, -0.2) is 0 Å². The van der Waals surface area contributed by atoms with Crippen molar-refractivity contribution in [3.05, 3.63) is 24.3 Å². The second-order valence-corrected chi connectivity index (χ2v) is 4.92. The average molecular weight is 198 g/mol. The lowest BCUT2D eigenvalue weighted by molar-refractivity contribution is 1.24. The van der Waals surface area contributed by atoms with Gasteiger partial charge in [0.05, 0.1) is 0 Å². The lowest BCUT2D eigenvalue weighted by Crippen LogP contribution is -1.79. The van der Waals surface area contributed by atoms with Crippen LogP contribution < -0.4 is 0 Å². The van der Waals surface area contributed by atoms with Gasteiger partial charge in [0.2, 0.25) is 0 Å². The van der Waals surface area contributed by atoms with Crippen molar-refractivity contribution in [2.45, 2.75) is 23.6 Å². The first-order chi connectivity index (χ1) is 5.88. The van der Waals surface area contributed by atoms with Crippen molar-refractivity contribution in [2.24, 2.45) is 0 Å². The van der Waals surface area contributed by atoms with Gasteiger partial charge in [0.1, 0.15) is 0 Å². The molecule has 0 amide bonds. The van der Waals surface area contributed by atoms with Gasteiger partial charge >= 0.3 is 0 Å². The van der Waals surface area contributed by atoms with Crippen LogP contribution in [0, 0.1) is 0 Å². The molecule has 0 aliphatic heterocycles. The molecule has 0 saturated carbocycles. The fourth-order valence-electron chi connectivity index (χ4n) is 1.000. The Morgan fingerprint density at radius 1 is 0.917 bits per heavy atom. The maximum Gasteiger partial charge on any atom is 0.0208 e. The maximum absolute atomic E-state index is 2.20. The zero-order valence-corrected chi connectivity index (χ0v) is 9.17. The maximum atomic E-state index is 2.20. The van der Waals surface area contributed by atoms with E-state index in [-0.39, 0.29) is 0 Å². The van der Waals surface area contributed by atoms with Crippen molar-refractivity contribution in [1.82, 2.24) is 0 Å². The van der Waals surface area contributed by atoms with E-state index in [1.54, 1.807) is 0 Å². The standard InChI is InChI=1S/C10H14S2/c1-3-11-9-7-5-6-8-10(9)12-4-2/h5-8H,3-4H2,1-2H3. The molecule has 0 spiro atoms. The molecule has 0 heterocycles. The first-order valence-electron chi connectivity index (χ1n) is 4.23. The Balaban J connectivity index is 2.77. The molecule has 0 nitrogen and oxygen atoms in total. The lowest BCUT2D eigenvalue weighted by Gasteiger charge is -2.05. The molecule has 2 heteroatoms. The second-order valence-electron chi connectivity index (χ2n) is 2.31. The van der Waals surface area contributed by atoms with Crippen LogP contribution in [0.4, 0.5) is 0 Å². The molecule has 0 aliphatic rings. The van der Waals surface area contributed by atoms with Crippen LogP contribution in [0.3, 0.4) is 0 Å². The normalized spacial score (nSPS) is 10.2. The molecule has 0 fully saturated rings. The van der Waals surface area contributed by atoms with Crippen molar-refractivity contribution in [3.63, 3.8) is 0 Å². The Morgan fingerprint density at radius 2 is 1.33 bits per heavy atom. The predicted octanol–water partition coefficient (Wildman–Crippen LogP) is 3.91. The van der Waals surface area contributed by atoms with Crippen LogP contribution in [-0.2, 0) is 0 Å². The van der Waals surface area contributed by atoms with Crippen LogP contribution in [0.15, 0.2) is 34.1 Å². The lowest BCUT2D eigenvalue weighted by atomic mass is 10.4. The second kappa shape index (κ2) is 5.55. The average Bonchev–Trinajstić information content (AvgIpc) is 2.09. The highest BCUT2D eigenvalue weighted by molar-refractivity contribution is 8.02. The van der Waals surface area contributed by atoms with Crippen LogP contribution >= 0.6 is 23.5 Å². The molecule has 0 aliphatic carbocycles. The summed E-state index contributed by atoms with van der Waals surface area (Å²) in [4.78, 5) is 2.85. The number of benzene rings is 1. The molecule has 0 N–H and O–H groups in total. The van der Waals surface area contributed by atoms with E-state index < -0.39 is 0 Å². The van der Waals surface area contributed by atoms with Gasteiger partial charge in [-0.1, -0.05) is 26.0 Å². The Hall–Kier alpha value is -0.0800. The Bertz CT molecular complexity index is 208. The van der Waals surface area contributed by atoms with E-state index in [0.717, 1.165) is 11.5 Å². The topological polar surface area (TPSA) is 0 Å². The minimum atomic E-state index is 1.15. The van der Waals surface area contributed by atoms with Crippen LogP contribution in [0.2, 0.25) is 0 Å². The van der Waals surface area contributed by atoms with Gasteiger partial charge in [0.25, 0.3) is 0 Å². The monoisotopic (exact) mass is 198 g/mol. The molecule has 1 aromatic rings. The third-order valence-electron chi connectivity index (χ3n) is 1.45. The summed E-state index contributed by atoms with van der Waals surface area (Å²) in [6, 6.07) is 8.62. The van der Waals surface area contributed by atoms with E-state index >= 15 is 0 Å². The van der Waals surface area contributed by atoms with Gasteiger partial charge in [0.15, 0.2) is 0 Å². The highest BCUT2D eigenvalue weighted by Crippen LogP contribution is 2.29. The van der Waals surface area contributed by atoms with Crippen LogP contribution in [-0.4, -0.2) is 11.5 Å². The fraction of sp³-hybridized carbons (Fsp3) is 0.400. The third kappa shape index (κ3) is 2.76. The molecule has 0 atom stereocenters. The minimum absolute atomic E-state index is 1.15. The highest BCUT2D eigenvalue weighted by Gasteiger charge is 1.99. The third-order valence-corrected chi connectivity index (χ3v) is 3.49. The van der Waals surface area contributed by atoms with Gasteiger partial charge in [-0.3, -0.25) is 0 Å². The Morgan fingerprint density at radius 3 is 1.67 bits per heavy atom. The molecule has 1 rings (SSSR count). The summed E-state index contributed by atoms with van der Waals surface area (Å²) >= 11 is 3.84. The fourth-order valence-corrected chi connectivity index (χ4v) is 2.75. The molecule has 0 aromatic heterocycles. The zero-order chi connectivity index (χ0) is 8.81. The molecular formula is C10H14S2. The van der Waals surface area contributed by atoms with Gasteiger partial charge < -0.3 is 0 Å². The molecule has 12 heavy (non-hydrogen) atoms. The summed E-state index contributed by atoms with van der Waals surface area (Å²) in [6.45, 7) is 4.39. The first-order valence-corrected chi connectivity index (χ1v) is 6.20. The SMILES string of the molecule is CCSc1ccccc1SCC. The van der Waals surface area contributed by atoms with Crippen LogP contribution in [0.1, 0.15) is 13.8 Å². The van der Waals surface area contributed by atoms with Gasteiger partial charge in [-0.2, -0.15) is 0 Å². The number of hydrogen-bond acceptors (Lipinski definition) is 2. The van der Waals surface area contributed by atoms with E-state index in [4.69, 9.17) is 0 Å². The summed E-state index contributed by atoms with van der Waals surface area (Å²) in [5.74, 6) is 2.31. The summed E-state index contributed by atoms with van der Waals surface area (Å²) < 4.78 is 0. The Labute approximate surface area is 83.1 Å². The number of hydrogen-bond donors (Lipinski definition) is 0. The van der Waals surface area contributed by atoms with Crippen molar-refractivity contribution in [2.75, 3.05) is 11.5 Å². The van der Waals surface area contributed by atoms with Crippen molar-refractivity contribution in [1.29, 1.82) is 0 Å². The van der Waals surface area contributed by atoms with Gasteiger partial charge in [-0.15, -0.1) is 23.5 Å². The Kier molecular flexibility index (Phi) is 4.62. The van der Waals surface area contributed by atoms with Crippen molar-refractivity contribution < 1.29 is 0 Å². The van der Waals surface area contributed by atoms with E-state index in [9.17, 15) is 0 Å². The van der Waals surface area contributed by atoms with Gasteiger partial charge in [0, 0.05) is 9.79 Å². The molecule has 66 valence electrons. The van der Waals surface area contributed by atoms with E-state index in [2.05, 4.69) is 38.1 Å². The number of thioether (sulfide) groups is 2. The quantitative estimate of drug-likeness (QED) is 0.673. The number of rotatable bonds is 4. The predicted molar refractivity (Wildman–Crippen MR) is 59.2 cm³/mol. The molecule has 0 saturated heterocycles. The van der Waals surface area contributed by atoms with Crippen molar-refractivity contribution in [3.8, 4) is 0 Å². The minimum Gasteiger partial charge on any atom is -0.125 e. The summed E-state index contributed by atoms with van der Waals surface area (Å²) in [7, 11) is 0. The summed E-state index contributed by atoms with van der Waals surface area (Å²) in [5.41, 5.74) is 0. The van der Waals surface area contributed by atoms with Crippen LogP contribution in [0.25, 0.3) is 0 Å². The molecular weight excluding hydrogens is 184 g/mol. The van der Waals surface area contributed by atoms with E-state index in [1.807, 2.05) is 23.5 Å². The van der Waals surface area contributed by atoms with Crippen molar-refractivity contribution >= 4 is 23.5 Å². The molecule has 0 radical (unpaired) electrons. The van der Waals surface area contributed by atoms with Crippen LogP contribution in [0.5, 0.6) is 0 Å². The summed E-state index contributed by atoms with van der Waals surface area (Å²) in [5, 5.41) is 0. The molecule has 1 aromatic carbocycles. The van der Waals surface area contributed by atoms with E-state index in [1.165, 1.54) is 9.79 Å². The highest BCUT2D eigenvalue weighted by atomic mass is 32.2. The molecule has 0 unspecified atom stereocenters. The molecule has 0 bridgehead atoms. The summed E-state index contributed by atoms with van der Waals surface area (Å²) in [6.07, 6.45) is 0.